The van der Waals surface area contributed by atoms with Crippen molar-refractivity contribution in [3.8, 4) is 0 Å². The van der Waals surface area contributed by atoms with Crippen LogP contribution in [0.15, 0.2) is 18.2 Å². The Morgan fingerprint density at radius 1 is 1.18 bits per heavy atom. The summed E-state index contributed by atoms with van der Waals surface area (Å²) >= 11 is 0. The largest absolute Gasteiger partial charge is 0.478 e. The molecular formula is C14H14O8. The van der Waals surface area contributed by atoms with Gasteiger partial charge in [0.1, 0.15) is 23.9 Å². The van der Waals surface area contributed by atoms with Gasteiger partial charge in [-0.1, -0.05) is 0 Å². The van der Waals surface area contributed by atoms with Crippen LogP contribution in [0.25, 0.3) is 0 Å². The summed E-state index contributed by atoms with van der Waals surface area (Å²) in [7, 11) is 0. The van der Waals surface area contributed by atoms with Gasteiger partial charge in [-0.3, -0.25) is 0 Å². The lowest BCUT2D eigenvalue weighted by molar-refractivity contribution is -0.0743. The van der Waals surface area contributed by atoms with Crippen LogP contribution in [0.3, 0.4) is 0 Å². The van der Waals surface area contributed by atoms with Crippen LogP contribution in [0.1, 0.15) is 26.3 Å². The highest BCUT2D eigenvalue weighted by molar-refractivity contribution is 5.93. The van der Waals surface area contributed by atoms with E-state index in [4.69, 9.17) is 14.6 Å². The summed E-state index contributed by atoms with van der Waals surface area (Å²) in [5.74, 6) is -2.55. The molecule has 8 nitrogen and oxygen atoms in total. The van der Waals surface area contributed by atoms with E-state index in [9.17, 15) is 24.9 Å². The van der Waals surface area contributed by atoms with Crippen LogP contribution >= 0.6 is 0 Å². The molecule has 22 heavy (non-hydrogen) atoms. The van der Waals surface area contributed by atoms with E-state index in [0.29, 0.717) is 0 Å². The third-order valence-electron chi connectivity index (χ3n) is 4.05. The monoisotopic (exact) mass is 310 g/mol. The second-order valence-corrected chi connectivity index (χ2v) is 5.39. The van der Waals surface area contributed by atoms with Gasteiger partial charge >= 0.3 is 11.9 Å². The minimum absolute atomic E-state index is 0.0430. The molecule has 4 N–H and O–H groups in total. The molecule has 0 unspecified atom stereocenters. The van der Waals surface area contributed by atoms with Gasteiger partial charge in [0.25, 0.3) is 0 Å². The van der Waals surface area contributed by atoms with E-state index < -0.39 is 35.9 Å². The number of ether oxygens (including phenoxy) is 2. The summed E-state index contributed by atoms with van der Waals surface area (Å²) < 4.78 is 10.7. The number of aromatic carboxylic acids is 2. The summed E-state index contributed by atoms with van der Waals surface area (Å²) in [5.41, 5.74) is -2.32. The molecule has 2 fully saturated rings. The Morgan fingerprint density at radius 3 is 2.55 bits per heavy atom. The molecule has 0 radical (unpaired) electrons. The van der Waals surface area contributed by atoms with Gasteiger partial charge in [0.05, 0.1) is 24.3 Å². The minimum Gasteiger partial charge on any atom is -0.478 e. The number of carboxylic acids is 2. The molecule has 0 amide bonds. The van der Waals surface area contributed by atoms with Gasteiger partial charge in [-0.15, -0.1) is 0 Å². The molecule has 2 aliphatic heterocycles. The Hall–Kier alpha value is -2.00. The summed E-state index contributed by atoms with van der Waals surface area (Å²) in [6.07, 6.45) is -2.65. The highest BCUT2D eigenvalue weighted by Crippen LogP contribution is 2.42. The van der Waals surface area contributed by atoms with Crippen molar-refractivity contribution in [2.24, 2.45) is 0 Å². The lowest BCUT2D eigenvalue weighted by Gasteiger charge is -2.28. The third kappa shape index (κ3) is 2.08. The average molecular weight is 310 g/mol. The van der Waals surface area contributed by atoms with E-state index in [1.54, 1.807) is 0 Å². The van der Waals surface area contributed by atoms with Gasteiger partial charge in [0, 0.05) is 5.56 Å². The maximum atomic E-state index is 11.4. The van der Waals surface area contributed by atoms with Crippen LogP contribution in [-0.4, -0.2) is 63.9 Å². The zero-order chi connectivity index (χ0) is 16.1. The first-order valence-electron chi connectivity index (χ1n) is 6.59. The number of hydrogen-bond acceptors (Lipinski definition) is 6. The quantitative estimate of drug-likeness (QED) is 0.583. The van der Waals surface area contributed by atoms with E-state index in [1.807, 2.05) is 0 Å². The van der Waals surface area contributed by atoms with Gasteiger partial charge < -0.3 is 29.9 Å². The number of hydrogen-bond donors (Lipinski definition) is 4. The lowest BCUT2D eigenvalue weighted by atomic mass is 9.84. The maximum absolute atomic E-state index is 11.4. The zero-order valence-electron chi connectivity index (χ0n) is 11.3. The molecule has 1 aromatic rings. The normalized spacial score (nSPS) is 33.6. The molecule has 0 saturated carbocycles. The fraction of sp³-hybridized carbons (Fsp3) is 0.429. The molecule has 8 heteroatoms. The van der Waals surface area contributed by atoms with E-state index >= 15 is 0 Å². The summed E-state index contributed by atoms with van der Waals surface area (Å²) in [5, 5.41) is 38.9. The SMILES string of the molecule is O=C(O)c1ccc(C(=O)O)c([C@@]2(O)CO[C@@H]3[C@H](O)CO[C@@H]32)c1. The van der Waals surface area contributed by atoms with Gasteiger partial charge in [0.2, 0.25) is 0 Å². The predicted molar refractivity (Wildman–Crippen MR) is 69.7 cm³/mol. The molecule has 2 heterocycles. The van der Waals surface area contributed by atoms with Gasteiger partial charge in [-0.05, 0) is 18.2 Å². The summed E-state index contributed by atoms with van der Waals surface area (Å²) in [4.78, 5) is 22.5. The molecule has 0 bridgehead atoms. The van der Waals surface area contributed by atoms with Gasteiger partial charge in [-0.25, -0.2) is 9.59 Å². The molecule has 1 aromatic carbocycles. The molecule has 3 rings (SSSR count). The van der Waals surface area contributed by atoms with Crippen LogP contribution < -0.4 is 0 Å². The fourth-order valence-electron chi connectivity index (χ4n) is 2.96. The Bertz CT molecular complexity index is 642. The summed E-state index contributed by atoms with van der Waals surface area (Å²) in [6, 6.07) is 3.37. The second kappa shape index (κ2) is 5.03. The topological polar surface area (TPSA) is 134 Å². The van der Waals surface area contributed by atoms with Crippen molar-refractivity contribution in [1.82, 2.24) is 0 Å². The minimum atomic E-state index is -1.83. The average Bonchev–Trinajstić information content (AvgIpc) is 3.01. The second-order valence-electron chi connectivity index (χ2n) is 5.39. The fourth-order valence-corrected chi connectivity index (χ4v) is 2.96. The van der Waals surface area contributed by atoms with Crippen LogP contribution in [0, 0.1) is 0 Å². The number of aliphatic hydroxyl groups is 2. The molecule has 2 saturated heterocycles. The zero-order valence-corrected chi connectivity index (χ0v) is 11.3. The lowest BCUT2D eigenvalue weighted by Crippen LogP contribution is -2.42. The van der Waals surface area contributed by atoms with E-state index in [-0.39, 0.29) is 29.9 Å². The number of carboxylic acid groups (broad SMARTS) is 2. The van der Waals surface area contributed by atoms with Crippen LogP contribution in [-0.2, 0) is 15.1 Å². The van der Waals surface area contributed by atoms with Crippen molar-refractivity contribution in [3.05, 3.63) is 34.9 Å². The number of aliphatic hydroxyl groups excluding tert-OH is 1. The number of benzene rings is 1. The van der Waals surface area contributed by atoms with E-state index in [2.05, 4.69) is 0 Å². The first-order valence-corrected chi connectivity index (χ1v) is 6.59. The standard InChI is InChI=1S/C14H14O8/c15-9-4-21-11-10(9)22-5-14(11,20)8-3-6(12(16)17)1-2-7(8)13(18)19/h1-3,9-11,15,20H,4-5H2,(H,16,17)(H,18,19)/t9-,10-,11+,14+/m1/s1. The maximum Gasteiger partial charge on any atom is 0.336 e. The molecule has 2 aliphatic rings. The Balaban J connectivity index is 2.11. The van der Waals surface area contributed by atoms with Crippen molar-refractivity contribution in [3.63, 3.8) is 0 Å². The highest BCUT2D eigenvalue weighted by Gasteiger charge is 2.57. The van der Waals surface area contributed by atoms with Crippen LogP contribution in [0.2, 0.25) is 0 Å². The van der Waals surface area contributed by atoms with E-state index in [1.165, 1.54) is 0 Å². The third-order valence-corrected chi connectivity index (χ3v) is 4.05. The first kappa shape index (κ1) is 14.9. The van der Waals surface area contributed by atoms with Crippen molar-refractivity contribution >= 4 is 11.9 Å². The predicted octanol–water partition coefficient (Wildman–Crippen LogP) is -0.571. The molecule has 118 valence electrons. The molecule has 0 spiro atoms. The van der Waals surface area contributed by atoms with Crippen LogP contribution in [0.4, 0.5) is 0 Å². The first-order chi connectivity index (χ1) is 10.3. The Morgan fingerprint density at radius 2 is 1.91 bits per heavy atom. The van der Waals surface area contributed by atoms with Crippen LogP contribution in [0.5, 0.6) is 0 Å². The highest BCUT2D eigenvalue weighted by atomic mass is 16.6. The van der Waals surface area contributed by atoms with Crippen molar-refractivity contribution in [2.75, 3.05) is 13.2 Å². The van der Waals surface area contributed by atoms with Crippen molar-refractivity contribution in [1.29, 1.82) is 0 Å². The van der Waals surface area contributed by atoms with Crippen molar-refractivity contribution < 1.29 is 39.5 Å². The Labute approximate surface area is 124 Å². The smallest absolute Gasteiger partial charge is 0.336 e. The molecule has 0 aromatic heterocycles. The number of rotatable bonds is 3. The van der Waals surface area contributed by atoms with Gasteiger partial charge in [0.15, 0.2) is 0 Å². The number of carbonyl (C=O) groups is 2. The Kier molecular flexibility index (Phi) is 3.41. The molecule has 0 aliphatic carbocycles. The van der Waals surface area contributed by atoms with Gasteiger partial charge in [-0.2, -0.15) is 0 Å². The van der Waals surface area contributed by atoms with Crippen molar-refractivity contribution in [2.45, 2.75) is 23.9 Å². The van der Waals surface area contributed by atoms with E-state index in [0.717, 1.165) is 18.2 Å². The molecule has 4 atom stereocenters. The summed E-state index contributed by atoms with van der Waals surface area (Å²) in [6.45, 7) is -0.332. The number of fused-ring (bicyclic) bond motifs is 1. The molecular weight excluding hydrogens is 296 g/mol.